The molecule has 1 N–H and O–H groups in total. The van der Waals surface area contributed by atoms with E-state index in [4.69, 9.17) is 11.6 Å². The molecule has 0 aliphatic carbocycles. The number of benzene rings is 2. The minimum Gasteiger partial charge on any atom is -0.365 e. The molecule has 1 amide bonds. The molecule has 0 spiro atoms. The van der Waals surface area contributed by atoms with Gasteiger partial charge in [-0.25, -0.2) is 0 Å². The van der Waals surface area contributed by atoms with Gasteiger partial charge in [0.15, 0.2) is 0 Å². The van der Waals surface area contributed by atoms with E-state index < -0.39 is 0 Å². The Morgan fingerprint density at radius 3 is 2.40 bits per heavy atom. The van der Waals surface area contributed by atoms with E-state index in [1.807, 2.05) is 66.5 Å². The second kappa shape index (κ2) is 6.96. The number of nitrogens with one attached hydrogen (secondary N) is 1. The maximum absolute atomic E-state index is 11.9. The van der Waals surface area contributed by atoms with Crippen molar-refractivity contribution in [2.24, 2.45) is 0 Å². The predicted molar refractivity (Wildman–Crippen MR) is 83.0 cm³/mol. The van der Waals surface area contributed by atoms with E-state index in [2.05, 4.69) is 5.32 Å². The molecule has 20 heavy (non-hydrogen) atoms. The first-order valence-electron chi connectivity index (χ1n) is 6.42. The topological polar surface area (TPSA) is 32.3 Å². The van der Waals surface area contributed by atoms with Crippen molar-refractivity contribution >= 4 is 23.2 Å². The van der Waals surface area contributed by atoms with Gasteiger partial charge in [0.1, 0.15) is 0 Å². The molecule has 0 bridgehead atoms. The van der Waals surface area contributed by atoms with Gasteiger partial charge in [-0.15, -0.1) is 0 Å². The van der Waals surface area contributed by atoms with Crippen LogP contribution in [0.25, 0.3) is 0 Å². The Labute approximate surface area is 124 Å². The molecule has 2 rings (SSSR count). The molecule has 0 atom stereocenters. The zero-order chi connectivity index (χ0) is 14.4. The number of anilines is 1. The number of hydrogen-bond acceptors (Lipinski definition) is 2. The highest BCUT2D eigenvalue weighted by atomic mass is 35.5. The highest BCUT2D eigenvalue weighted by molar-refractivity contribution is 6.30. The fourth-order valence-corrected chi connectivity index (χ4v) is 1.97. The van der Waals surface area contributed by atoms with E-state index in [9.17, 15) is 4.79 Å². The number of hydrogen-bond donors (Lipinski definition) is 1. The summed E-state index contributed by atoms with van der Waals surface area (Å²) >= 11 is 5.82. The van der Waals surface area contributed by atoms with Crippen molar-refractivity contribution in [3.05, 3.63) is 65.2 Å². The fourth-order valence-electron chi connectivity index (χ4n) is 1.85. The summed E-state index contributed by atoms with van der Waals surface area (Å²) in [7, 11) is 1.90. The van der Waals surface area contributed by atoms with Crippen LogP contribution in [0.3, 0.4) is 0 Å². The van der Waals surface area contributed by atoms with Crippen LogP contribution in [0.4, 0.5) is 5.69 Å². The van der Waals surface area contributed by atoms with Crippen molar-refractivity contribution in [3.8, 4) is 0 Å². The summed E-state index contributed by atoms with van der Waals surface area (Å²) in [6.45, 7) is 0.843. The molecule has 2 aromatic carbocycles. The number of amides is 1. The second-order valence-corrected chi connectivity index (χ2v) is 5.03. The van der Waals surface area contributed by atoms with Gasteiger partial charge in [0.25, 0.3) is 0 Å². The Balaban J connectivity index is 1.82. The van der Waals surface area contributed by atoms with Crippen LogP contribution in [0.1, 0.15) is 5.56 Å². The second-order valence-electron chi connectivity index (χ2n) is 4.59. The lowest BCUT2D eigenvalue weighted by Gasteiger charge is -2.18. The third-order valence-corrected chi connectivity index (χ3v) is 3.23. The fraction of sp³-hybridized carbons (Fsp3) is 0.188. The van der Waals surface area contributed by atoms with Gasteiger partial charge >= 0.3 is 0 Å². The van der Waals surface area contributed by atoms with Gasteiger partial charge in [-0.3, -0.25) is 4.79 Å². The van der Waals surface area contributed by atoms with E-state index >= 15 is 0 Å². The Morgan fingerprint density at radius 2 is 1.75 bits per heavy atom. The molecule has 0 unspecified atom stereocenters. The monoisotopic (exact) mass is 288 g/mol. The summed E-state index contributed by atoms with van der Waals surface area (Å²) in [4.78, 5) is 13.8. The standard InChI is InChI=1S/C16H17ClN2O/c1-19(15-5-3-2-4-6-15)12-16(20)18-11-13-7-9-14(17)10-8-13/h2-10H,11-12H2,1H3,(H,18,20). The third-order valence-electron chi connectivity index (χ3n) is 2.98. The van der Waals surface area contributed by atoms with Gasteiger partial charge in [0.05, 0.1) is 6.54 Å². The van der Waals surface area contributed by atoms with Crippen molar-refractivity contribution in [1.29, 1.82) is 0 Å². The normalized spacial score (nSPS) is 10.1. The number of para-hydroxylation sites is 1. The number of carbonyl (C=O) groups excluding carboxylic acids is 1. The lowest BCUT2D eigenvalue weighted by atomic mass is 10.2. The van der Waals surface area contributed by atoms with Crippen LogP contribution in [0.5, 0.6) is 0 Å². The molecule has 4 heteroatoms. The van der Waals surface area contributed by atoms with Crippen molar-refractivity contribution in [1.82, 2.24) is 5.32 Å². The molecule has 0 saturated heterocycles. The van der Waals surface area contributed by atoms with Gasteiger partial charge in [-0.1, -0.05) is 41.9 Å². The van der Waals surface area contributed by atoms with Crippen molar-refractivity contribution in [2.45, 2.75) is 6.54 Å². The van der Waals surface area contributed by atoms with Crippen LogP contribution in [-0.2, 0) is 11.3 Å². The molecule has 0 aromatic heterocycles. The van der Waals surface area contributed by atoms with Crippen LogP contribution in [-0.4, -0.2) is 19.5 Å². The lowest BCUT2D eigenvalue weighted by Crippen LogP contribution is -2.34. The minimum atomic E-state index is -0.00805. The number of halogens is 1. The minimum absolute atomic E-state index is 0.00805. The van der Waals surface area contributed by atoms with Crippen molar-refractivity contribution in [2.75, 3.05) is 18.5 Å². The van der Waals surface area contributed by atoms with Crippen LogP contribution in [0, 0.1) is 0 Å². The first kappa shape index (κ1) is 14.4. The number of nitrogens with zero attached hydrogens (tertiary/aromatic N) is 1. The molecule has 2 aromatic rings. The first-order valence-corrected chi connectivity index (χ1v) is 6.80. The highest BCUT2D eigenvalue weighted by Gasteiger charge is 2.06. The third kappa shape index (κ3) is 4.28. The van der Waals surface area contributed by atoms with Crippen LogP contribution in [0.2, 0.25) is 5.02 Å². The molecule has 0 aliphatic rings. The molecule has 0 aliphatic heterocycles. The Morgan fingerprint density at radius 1 is 1.10 bits per heavy atom. The molecular weight excluding hydrogens is 272 g/mol. The Kier molecular flexibility index (Phi) is 5.02. The first-order chi connectivity index (χ1) is 9.65. The summed E-state index contributed by atoms with van der Waals surface area (Å²) in [5.74, 6) is -0.00805. The maximum Gasteiger partial charge on any atom is 0.239 e. The summed E-state index contributed by atoms with van der Waals surface area (Å²) in [6.07, 6.45) is 0. The smallest absolute Gasteiger partial charge is 0.239 e. The molecular formula is C16H17ClN2O. The molecule has 104 valence electrons. The summed E-state index contributed by atoms with van der Waals surface area (Å²) in [5, 5.41) is 3.59. The number of rotatable bonds is 5. The molecule has 0 saturated carbocycles. The molecule has 0 heterocycles. The van der Waals surface area contributed by atoms with E-state index in [0.717, 1.165) is 11.3 Å². The quantitative estimate of drug-likeness (QED) is 0.917. The molecule has 3 nitrogen and oxygen atoms in total. The maximum atomic E-state index is 11.9. The van der Waals surface area contributed by atoms with Gasteiger partial charge in [-0.2, -0.15) is 0 Å². The van der Waals surface area contributed by atoms with E-state index in [1.165, 1.54) is 0 Å². The lowest BCUT2D eigenvalue weighted by molar-refractivity contribution is -0.119. The Hall–Kier alpha value is -2.00. The highest BCUT2D eigenvalue weighted by Crippen LogP contribution is 2.11. The SMILES string of the molecule is CN(CC(=O)NCc1ccc(Cl)cc1)c1ccccc1. The zero-order valence-electron chi connectivity index (χ0n) is 11.3. The number of likely N-dealkylation sites (N-methyl/N-ethyl adjacent to an activating group) is 1. The van der Waals surface area contributed by atoms with Crippen LogP contribution < -0.4 is 10.2 Å². The van der Waals surface area contributed by atoms with E-state index in [1.54, 1.807) is 0 Å². The van der Waals surface area contributed by atoms with Crippen molar-refractivity contribution < 1.29 is 4.79 Å². The molecule has 0 fully saturated rings. The average molecular weight is 289 g/mol. The summed E-state index contributed by atoms with van der Waals surface area (Å²) in [6, 6.07) is 17.3. The van der Waals surface area contributed by atoms with Gasteiger partial charge < -0.3 is 10.2 Å². The summed E-state index contributed by atoms with van der Waals surface area (Å²) in [5.41, 5.74) is 2.05. The van der Waals surface area contributed by atoms with E-state index in [0.29, 0.717) is 18.1 Å². The largest absolute Gasteiger partial charge is 0.365 e. The predicted octanol–water partition coefficient (Wildman–Crippen LogP) is 3.09. The Bertz CT molecular complexity index is 554. The zero-order valence-corrected chi connectivity index (χ0v) is 12.1. The van der Waals surface area contributed by atoms with Gasteiger partial charge in [0.2, 0.25) is 5.91 Å². The van der Waals surface area contributed by atoms with Crippen LogP contribution in [0.15, 0.2) is 54.6 Å². The average Bonchev–Trinajstić information content (AvgIpc) is 2.47. The van der Waals surface area contributed by atoms with E-state index in [-0.39, 0.29) is 5.91 Å². The number of carbonyl (C=O) groups is 1. The van der Waals surface area contributed by atoms with Gasteiger partial charge in [-0.05, 0) is 29.8 Å². The molecule has 0 radical (unpaired) electrons. The van der Waals surface area contributed by atoms with Gasteiger partial charge in [0, 0.05) is 24.3 Å². The van der Waals surface area contributed by atoms with Crippen molar-refractivity contribution in [3.63, 3.8) is 0 Å². The van der Waals surface area contributed by atoms with Crippen LogP contribution >= 0.6 is 11.6 Å². The summed E-state index contributed by atoms with van der Waals surface area (Å²) < 4.78 is 0.